The Labute approximate surface area is 256 Å². The number of nitrogens with zero attached hydrogens (tertiary/aromatic N) is 2. The van der Waals surface area contributed by atoms with Gasteiger partial charge in [-0.2, -0.15) is 0 Å². The van der Waals surface area contributed by atoms with Crippen molar-refractivity contribution in [2.24, 2.45) is 11.8 Å². The summed E-state index contributed by atoms with van der Waals surface area (Å²) in [5.74, 6) is -1.84. The van der Waals surface area contributed by atoms with Crippen LogP contribution in [0.1, 0.15) is 68.5 Å². The second-order valence-electron chi connectivity index (χ2n) is 11.6. The number of carbonyl (C=O) groups excluding carboxylic acids is 4. The summed E-state index contributed by atoms with van der Waals surface area (Å²) < 4.78 is 15.8. The third kappa shape index (κ3) is 7.54. The van der Waals surface area contributed by atoms with E-state index in [0.29, 0.717) is 30.5 Å². The highest BCUT2D eigenvalue weighted by atomic mass is 16.5. The van der Waals surface area contributed by atoms with Gasteiger partial charge in [0.25, 0.3) is 0 Å². The lowest BCUT2D eigenvalue weighted by Crippen LogP contribution is -2.56. The van der Waals surface area contributed by atoms with Crippen molar-refractivity contribution in [2.45, 2.75) is 71.4 Å². The van der Waals surface area contributed by atoms with Crippen LogP contribution in [0.4, 0.5) is 4.79 Å². The van der Waals surface area contributed by atoms with E-state index in [-0.39, 0.29) is 35.8 Å². The summed E-state index contributed by atoms with van der Waals surface area (Å²) >= 11 is 0. The molecule has 1 aliphatic rings. The van der Waals surface area contributed by atoms with Gasteiger partial charge in [-0.1, -0.05) is 58.0 Å². The molecule has 236 valence electrons. The molecule has 2 aromatic carbocycles. The minimum atomic E-state index is -1.30. The number of esters is 1. The predicted octanol–water partition coefficient (Wildman–Crippen LogP) is 3.73. The number of rotatable bonds is 11. The Bertz CT molecular complexity index is 1470. The van der Waals surface area contributed by atoms with Crippen LogP contribution in [0.2, 0.25) is 0 Å². The number of benzene rings is 2. The van der Waals surface area contributed by atoms with Crippen LogP contribution >= 0.6 is 0 Å². The monoisotopic (exact) mass is 608 g/mol. The maximum atomic E-state index is 13.7. The molecule has 0 radical (unpaired) electrons. The van der Waals surface area contributed by atoms with Crippen LogP contribution in [0.15, 0.2) is 52.9 Å². The largest absolute Gasteiger partial charge is 0.465 e. The lowest BCUT2D eigenvalue weighted by Gasteiger charge is -2.32. The second kappa shape index (κ2) is 14.3. The number of ether oxygens (including phenoxy) is 2. The lowest BCUT2D eigenvalue weighted by molar-refractivity contribution is -0.141. The molecule has 2 heterocycles. The molecule has 1 saturated heterocycles. The van der Waals surface area contributed by atoms with E-state index >= 15 is 0 Å². The van der Waals surface area contributed by atoms with Gasteiger partial charge >= 0.3 is 12.1 Å². The molecule has 4 atom stereocenters. The Morgan fingerprint density at radius 2 is 1.77 bits per heavy atom. The number of oxazole rings is 1. The van der Waals surface area contributed by atoms with Gasteiger partial charge in [-0.3, -0.25) is 9.59 Å². The normalized spacial score (nSPS) is 16.9. The molecule has 44 heavy (non-hydrogen) atoms. The van der Waals surface area contributed by atoms with Gasteiger partial charge in [-0.05, 0) is 48.4 Å². The van der Waals surface area contributed by atoms with E-state index in [0.717, 1.165) is 5.56 Å². The third-order valence-electron chi connectivity index (χ3n) is 7.70. The average molecular weight is 609 g/mol. The zero-order valence-electron chi connectivity index (χ0n) is 25.6. The summed E-state index contributed by atoms with van der Waals surface area (Å²) in [6.45, 7) is 7.71. The van der Waals surface area contributed by atoms with Crippen molar-refractivity contribution in [3.63, 3.8) is 0 Å². The van der Waals surface area contributed by atoms with Gasteiger partial charge in [-0.25, -0.2) is 14.6 Å². The topological polar surface area (TPSA) is 160 Å². The molecule has 3 N–H and O–H groups in total. The number of fused-ring (bicyclic) bond motifs is 1. The smallest absolute Gasteiger partial charge is 0.408 e. The van der Waals surface area contributed by atoms with E-state index < -0.39 is 42.2 Å². The maximum Gasteiger partial charge on any atom is 0.408 e. The van der Waals surface area contributed by atoms with Crippen LogP contribution in [0.5, 0.6) is 0 Å². The number of nitrogens with one attached hydrogen (secondary N) is 2. The predicted molar refractivity (Wildman–Crippen MR) is 160 cm³/mol. The van der Waals surface area contributed by atoms with Crippen LogP contribution in [-0.2, 0) is 25.7 Å². The number of likely N-dealkylation sites (tertiary alicyclic amines) is 1. The van der Waals surface area contributed by atoms with Gasteiger partial charge in [-0.15, -0.1) is 0 Å². The fourth-order valence-electron chi connectivity index (χ4n) is 5.23. The van der Waals surface area contributed by atoms with Crippen molar-refractivity contribution in [1.29, 1.82) is 0 Å². The zero-order valence-corrected chi connectivity index (χ0v) is 25.6. The summed E-state index contributed by atoms with van der Waals surface area (Å²) in [5, 5.41) is 16.8. The number of methoxy groups -OCH3 is 1. The molecule has 1 unspecified atom stereocenters. The quantitative estimate of drug-likeness (QED) is 0.276. The Balaban J connectivity index is 1.43. The Morgan fingerprint density at radius 1 is 1.05 bits per heavy atom. The second-order valence-corrected chi connectivity index (χ2v) is 11.6. The molecule has 0 aliphatic carbocycles. The molecule has 0 bridgehead atoms. The van der Waals surface area contributed by atoms with Crippen molar-refractivity contribution >= 4 is 35.0 Å². The molecule has 4 rings (SSSR count). The lowest BCUT2D eigenvalue weighted by atomic mass is 9.97. The Hall–Kier alpha value is -4.45. The van der Waals surface area contributed by atoms with Crippen LogP contribution in [0.3, 0.4) is 0 Å². The molecule has 3 amide bonds. The first-order chi connectivity index (χ1) is 21.0. The molecule has 1 aliphatic heterocycles. The fraction of sp³-hybridized carbons (Fsp3) is 0.469. The highest BCUT2D eigenvalue weighted by Crippen LogP contribution is 2.27. The SMILES string of the molecule is COC(=O)c1ccc2oc(C(O)[C@@H](NC(=O)[C@@H]3CCCN3C(=O)[C@@H](NC(=O)OCc3ccccc3)C(C)C)C(C)C)nc2c1. The van der Waals surface area contributed by atoms with Crippen molar-refractivity contribution < 1.29 is 38.2 Å². The van der Waals surface area contributed by atoms with Gasteiger partial charge in [0, 0.05) is 6.54 Å². The number of amides is 3. The molecule has 12 heteroatoms. The zero-order chi connectivity index (χ0) is 32.0. The van der Waals surface area contributed by atoms with Crippen LogP contribution < -0.4 is 10.6 Å². The summed E-state index contributed by atoms with van der Waals surface area (Å²) in [5.41, 5.74) is 1.82. The van der Waals surface area contributed by atoms with E-state index in [1.54, 1.807) is 6.07 Å². The summed E-state index contributed by atoms with van der Waals surface area (Å²) in [6, 6.07) is 11.3. The van der Waals surface area contributed by atoms with Gasteiger partial charge < -0.3 is 34.5 Å². The maximum absolute atomic E-state index is 13.7. The van der Waals surface area contributed by atoms with Crippen LogP contribution in [-0.4, -0.2) is 70.6 Å². The molecule has 0 spiro atoms. The summed E-state index contributed by atoms with van der Waals surface area (Å²) in [6.07, 6.45) is -0.986. The number of aromatic nitrogens is 1. The molecule has 3 aromatic rings. The van der Waals surface area contributed by atoms with Crippen molar-refractivity contribution in [2.75, 3.05) is 13.7 Å². The molecular formula is C32H40N4O8. The molecule has 12 nitrogen and oxygen atoms in total. The number of carbonyl (C=O) groups is 4. The number of aliphatic hydroxyl groups is 1. The minimum Gasteiger partial charge on any atom is -0.465 e. The van der Waals surface area contributed by atoms with Gasteiger partial charge in [0.05, 0.1) is 18.7 Å². The molecule has 0 saturated carbocycles. The molecule has 1 fully saturated rings. The Morgan fingerprint density at radius 3 is 2.43 bits per heavy atom. The Kier molecular flexibility index (Phi) is 10.6. The number of hydrogen-bond donors (Lipinski definition) is 3. The van der Waals surface area contributed by atoms with E-state index in [1.807, 2.05) is 58.0 Å². The first-order valence-electron chi connectivity index (χ1n) is 14.7. The number of alkyl carbamates (subject to hydrolysis) is 1. The highest BCUT2D eigenvalue weighted by molar-refractivity contribution is 5.93. The first kappa shape index (κ1) is 32.5. The standard InChI is InChI=1S/C32H40N4O8/c1-18(2)25(27(37)29-33-22-16-21(31(40)42-5)13-14-24(22)44-29)34-28(38)23-12-9-15-36(23)30(39)26(19(3)4)35-32(41)43-17-20-10-7-6-8-11-20/h6-8,10-11,13-14,16,18-19,23,25-27,37H,9,12,15,17H2,1-5H3,(H,34,38)(H,35,41)/t23-,25-,26-,27?/m0/s1. The number of aliphatic hydroxyl groups excluding tert-OH is 1. The number of hydrogen-bond acceptors (Lipinski definition) is 9. The first-order valence-corrected chi connectivity index (χ1v) is 14.7. The van der Waals surface area contributed by atoms with Crippen LogP contribution in [0.25, 0.3) is 11.1 Å². The third-order valence-corrected chi connectivity index (χ3v) is 7.70. The fourth-order valence-corrected chi connectivity index (χ4v) is 5.23. The van der Waals surface area contributed by atoms with E-state index in [4.69, 9.17) is 13.9 Å². The van der Waals surface area contributed by atoms with Gasteiger partial charge in [0.2, 0.25) is 17.7 Å². The van der Waals surface area contributed by atoms with E-state index in [1.165, 1.54) is 24.1 Å². The van der Waals surface area contributed by atoms with Crippen molar-refractivity contribution in [3.8, 4) is 0 Å². The van der Waals surface area contributed by atoms with E-state index in [2.05, 4.69) is 15.6 Å². The molecular weight excluding hydrogens is 568 g/mol. The highest BCUT2D eigenvalue weighted by Gasteiger charge is 2.40. The summed E-state index contributed by atoms with van der Waals surface area (Å²) in [4.78, 5) is 57.5. The molecule has 1 aromatic heterocycles. The van der Waals surface area contributed by atoms with Crippen molar-refractivity contribution in [3.05, 3.63) is 65.5 Å². The van der Waals surface area contributed by atoms with Gasteiger partial charge in [0.15, 0.2) is 11.7 Å². The summed E-state index contributed by atoms with van der Waals surface area (Å²) in [7, 11) is 1.28. The minimum absolute atomic E-state index is 0.0153. The van der Waals surface area contributed by atoms with Crippen molar-refractivity contribution in [1.82, 2.24) is 20.5 Å². The average Bonchev–Trinajstić information content (AvgIpc) is 3.68. The van der Waals surface area contributed by atoms with E-state index in [9.17, 15) is 24.3 Å². The van der Waals surface area contributed by atoms with Crippen LogP contribution in [0, 0.1) is 11.8 Å². The van der Waals surface area contributed by atoms with Gasteiger partial charge in [0.1, 0.15) is 24.2 Å².